The largest absolute Gasteiger partial charge is 0.378 e. The van der Waals surface area contributed by atoms with Gasteiger partial charge in [-0.05, 0) is 35.4 Å². The molecule has 0 N–H and O–H groups in total. The van der Waals surface area contributed by atoms with E-state index in [1.165, 1.54) is 27.8 Å². The number of hydrogen-bond donors (Lipinski definition) is 0. The molecule has 2 aliphatic heterocycles. The summed E-state index contributed by atoms with van der Waals surface area (Å²) in [6.45, 7) is 6.61. The van der Waals surface area contributed by atoms with E-state index in [-0.39, 0.29) is 11.9 Å². The van der Waals surface area contributed by atoms with Crippen molar-refractivity contribution in [1.82, 2.24) is 19.7 Å². The number of hydrogen-bond acceptors (Lipinski definition) is 7. The smallest absolute Gasteiger partial charge is 0.233 e. The highest BCUT2D eigenvalue weighted by Gasteiger charge is 2.30. The van der Waals surface area contributed by atoms with Gasteiger partial charge in [0, 0.05) is 24.5 Å². The van der Waals surface area contributed by atoms with Gasteiger partial charge in [-0.3, -0.25) is 9.36 Å². The zero-order chi connectivity index (χ0) is 22.6. The van der Waals surface area contributed by atoms with Gasteiger partial charge in [-0.2, -0.15) is 0 Å². The number of anilines is 1. The highest BCUT2D eigenvalue weighted by molar-refractivity contribution is 7.99. The van der Waals surface area contributed by atoms with Crippen LogP contribution in [-0.4, -0.2) is 64.2 Å². The van der Waals surface area contributed by atoms with Gasteiger partial charge in [-0.25, -0.2) is 0 Å². The predicted octanol–water partition coefficient (Wildman–Crippen LogP) is 3.85. The molecule has 0 bridgehead atoms. The standard InChI is InChI=1S/C24H29N5O2S2/c1-2-20-19-9-15-32-21(19)8-10-28(20)22(30)17-33-24-26-25-23(27-11-13-31-14-12-27)29(24)16-18-6-4-3-5-7-18/h3-7,9,15,20H,2,8,10-14,16-17H2,1H3. The number of ether oxygens (including phenoxy) is 1. The van der Waals surface area contributed by atoms with Crippen LogP contribution in [0.3, 0.4) is 0 Å². The highest BCUT2D eigenvalue weighted by Crippen LogP contribution is 2.36. The van der Waals surface area contributed by atoms with Crippen LogP contribution in [0.5, 0.6) is 0 Å². The third-order valence-corrected chi connectivity index (χ3v) is 8.25. The van der Waals surface area contributed by atoms with Gasteiger partial charge in [-0.15, -0.1) is 21.5 Å². The Morgan fingerprint density at radius 1 is 1.15 bits per heavy atom. The van der Waals surface area contributed by atoms with Gasteiger partial charge in [0.1, 0.15) is 0 Å². The van der Waals surface area contributed by atoms with Gasteiger partial charge < -0.3 is 14.5 Å². The number of fused-ring (bicyclic) bond motifs is 1. The lowest BCUT2D eigenvalue weighted by molar-refractivity contribution is -0.131. The maximum absolute atomic E-state index is 13.3. The summed E-state index contributed by atoms with van der Waals surface area (Å²) in [5.74, 6) is 1.39. The van der Waals surface area contributed by atoms with Crippen molar-refractivity contribution in [2.75, 3.05) is 43.5 Å². The number of nitrogens with zero attached hydrogens (tertiary/aromatic N) is 5. The van der Waals surface area contributed by atoms with Crippen molar-refractivity contribution in [3.05, 3.63) is 57.8 Å². The van der Waals surface area contributed by atoms with E-state index >= 15 is 0 Å². The van der Waals surface area contributed by atoms with Crippen molar-refractivity contribution < 1.29 is 9.53 Å². The first-order valence-corrected chi connectivity index (χ1v) is 13.4. The van der Waals surface area contributed by atoms with Crippen LogP contribution in [-0.2, 0) is 22.5 Å². The Hall–Kier alpha value is -2.36. The zero-order valence-electron chi connectivity index (χ0n) is 18.9. The number of rotatable bonds is 7. The Kier molecular flexibility index (Phi) is 6.99. The molecule has 1 aromatic carbocycles. The molecule has 0 aliphatic carbocycles. The third kappa shape index (κ3) is 4.81. The molecule has 5 rings (SSSR count). The Morgan fingerprint density at radius 3 is 2.76 bits per heavy atom. The van der Waals surface area contributed by atoms with Gasteiger partial charge in [0.05, 0.1) is 31.6 Å². The Morgan fingerprint density at radius 2 is 1.97 bits per heavy atom. The van der Waals surface area contributed by atoms with Gasteiger partial charge in [0.2, 0.25) is 11.9 Å². The van der Waals surface area contributed by atoms with E-state index < -0.39 is 0 Å². The SMILES string of the molecule is CCC1c2ccsc2CCN1C(=O)CSc1nnc(N2CCOCC2)n1Cc1ccccc1. The van der Waals surface area contributed by atoms with Gasteiger partial charge in [-0.1, -0.05) is 49.0 Å². The molecule has 0 radical (unpaired) electrons. The number of aromatic nitrogens is 3. The number of thiophene rings is 1. The van der Waals surface area contributed by atoms with Crippen LogP contribution >= 0.6 is 23.1 Å². The Labute approximate surface area is 202 Å². The molecule has 4 heterocycles. The summed E-state index contributed by atoms with van der Waals surface area (Å²) in [5, 5.41) is 12.0. The normalized spacial score (nSPS) is 18.4. The number of carbonyl (C=O) groups is 1. The summed E-state index contributed by atoms with van der Waals surface area (Å²) >= 11 is 3.30. The third-order valence-electron chi connectivity index (χ3n) is 6.30. The van der Waals surface area contributed by atoms with Crippen LogP contribution in [0.1, 0.15) is 35.4 Å². The molecule has 2 aromatic heterocycles. The molecule has 1 unspecified atom stereocenters. The molecular formula is C24H29N5O2S2. The van der Waals surface area contributed by atoms with Crippen molar-refractivity contribution in [3.8, 4) is 0 Å². The summed E-state index contributed by atoms with van der Waals surface area (Å²) < 4.78 is 7.66. The van der Waals surface area contributed by atoms with E-state index in [0.717, 1.165) is 43.6 Å². The fraction of sp³-hybridized carbons (Fsp3) is 0.458. The van der Waals surface area contributed by atoms with Crippen LogP contribution in [0.2, 0.25) is 0 Å². The van der Waals surface area contributed by atoms with E-state index in [9.17, 15) is 4.79 Å². The number of amides is 1. The summed E-state index contributed by atoms with van der Waals surface area (Å²) in [7, 11) is 0. The van der Waals surface area contributed by atoms with E-state index in [0.29, 0.717) is 25.5 Å². The first-order valence-electron chi connectivity index (χ1n) is 11.5. The molecule has 0 spiro atoms. The molecule has 33 heavy (non-hydrogen) atoms. The molecule has 1 amide bonds. The molecule has 7 nitrogen and oxygen atoms in total. The van der Waals surface area contributed by atoms with E-state index in [1.807, 2.05) is 29.5 Å². The van der Waals surface area contributed by atoms with E-state index in [2.05, 4.69) is 55.1 Å². The predicted molar refractivity (Wildman–Crippen MR) is 132 cm³/mol. The number of benzene rings is 1. The maximum Gasteiger partial charge on any atom is 0.233 e. The van der Waals surface area contributed by atoms with Gasteiger partial charge in [0.15, 0.2) is 5.16 Å². The second kappa shape index (κ2) is 10.3. The molecular weight excluding hydrogens is 454 g/mol. The second-order valence-corrected chi connectivity index (χ2v) is 10.2. The van der Waals surface area contributed by atoms with Crippen molar-refractivity contribution in [2.45, 2.75) is 37.5 Å². The Bertz CT molecular complexity index is 1080. The van der Waals surface area contributed by atoms with Gasteiger partial charge in [0.25, 0.3) is 0 Å². The van der Waals surface area contributed by atoms with Crippen LogP contribution in [0.25, 0.3) is 0 Å². The van der Waals surface area contributed by atoms with Crippen molar-refractivity contribution in [3.63, 3.8) is 0 Å². The average Bonchev–Trinajstić information content (AvgIpc) is 3.50. The molecule has 1 saturated heterocycles. The lowest BCUT2D eigenvalue weighted by atomic mass is 9.98. The zero-order valence-corrected chi connectivity index (χ0v) is 20.5. The lowest BCUT2D eigenvalue weighted by Gasteiger charge is -2.35. The van der Waals surface area contributed by atoms with Crippen LogP contribution < -0.4 is 4.90 Å². The summed E-state index contributed by atoms with van der Waals surface area (Å²) in [5.41, 5.74) is 2.51. The molecule has 9 heteroatoms. The molecule has 1 fully saturated rings. The second-order valence-electron chi connectivity index (χ2n) is 8.30. The molecule has 0 saturated carbocycles. The quantitative estimate of drug-likeness (QED) is 0.476. The molecule has 174 valence electrons. The van der Waals surface area contributed by atoms with E-state index in [4.69, 9.17) is 4.74 Å². The van der Waals surface area contributed by atoms with Crippen molar-refractivity contribution in [1.29, 1.82) is 0 Å². The van der Waals surface area contributed by atoms with Crippen LogP contribution in [0.15, 0.2) is 46.9 Å². The molecule has 2 aliphatic rings. The number of morpholine rings is 1. The van der Waals surface area contributed by atoms with Crippen molar-refractivity contribution >= 4 is 35.0 Å². The Balaban J connectivity index is 1.33. The topological polar surface area (TPSA) is 63.5 Å². The fourth-order valence-corrected chi connectivity index (χ4v) is 6.38. The summed E-state index contributed by atoms with van der Waals surface area (Å²) in [4.78, 5) is 19.0. The number of thioether (sulfide) groups is 1. The minimum Gasteiger partial charge on any atom is -0.378 e. The maximum atomic E-state index is 13.3. The molecule has 3 aromatic rings. The number of carbonyl (C=O) groups excluding carboxylic acids is 1. The fourth-order valence-electron chi connectivity index (χ4n) is 4.63. The van der Waals surface area contributed by atoms with Gasteiger partial charge >= 0.3 is 0 Å². The first-order chi connectivity index (χ1) is 16.2. The minimum atomic E-state index is 0.172. The molecule has 1 atom stereocenters. The van der Waals surface area contributed by atoms with Crippen LogP contribution in [0.4, 0.5) is 5.95 Å². The highest BCUT2D eigenvalue weighted by atomic mass is 32.2. The van der Waals surface area contributed by atoms with E-state index in [1.54, 1.807) is 0 Å². The van der Waals surface area contributed by atoms with Crippen molar-refractivity contribution in [2.24, 2.45) is 0 Å². The summed E-state index contributed by atoms with van der Waals surface area (Å²) in [6.07, 6.45) is 1.89. The summed E-state index contributed by atoms with van der Waals surface area (Å²) in [6, 6.07) is 12.7. The van der Waals surface area contributed by atoms with Crippen LogP contribution in [0, 0.1) is 0 Å². The monoisotopic (exact) mass is 483 g/mol. The minimum absolute atomic E-state index is 0.172. The lowest BCUT2D eigenvalue weighted by Crippen LogP contribution is -2.40. The first kappa shape index (κ1) is 22.4. The average molecular weight is 484 g/mol.